The van der Waals surface area contributed by atoms with Crippen molar-refractivity contribution in [3.05, 3.63) is 35.9 Å². The number of halogens is 2. The van der Waals surface area contributed by atoms with E-state index in [2.05, 4.69) is 40.5 Å². The van der Waals surface area contributed by atoms with E-state index in [1.165, 1.54) is 5.56 Å². The normalized spacial score (nSPS) is 26.9. The Morgan fingerprint density at radius 3 is 2.28 bits per heavy atom. The lowest BCUT2D eigenvalue weighted by atomic mass is 10.1. The van der Waals surface area contributed by atoms with Crippen LogP contribution < -0.4 is 5.32 Å². The molecule has 0 radical (unpaired) electrons. The van der Waals surface area contributed by atoms with Crippen LogP contribution in [0, 0.1) is 0 Å². The van der Waals surface area contributed by atoms with E-state index >= 15 is 0 Å². The molecular weight excluding hydrogens is 271 g/mol. The van der Waals surface area contributed by atoms with Gasteiger partial charge in [0.15, 0.2) is 0 Å². The summed E-state index contributed by atoms with van der Waals surface area (Å²) in [6.07, 6.45) is 0.771. The molecule has 2 heterocycles. The highest BCUT2D eigenvalue weighted by Crippen LogP contribution is 2.16. The minimum atomic E-state index is 0. The number of hydrogen-bond donors (Lipinski definition) is 1. The first-order chi connectivity index (χ1) is 7.90. The molecule has 18 heavy (non-hydrogen) atoms. The lowest BCUT2D eigenvalue weighted by molar-refractivity contribution is -0.105. The summed E-state index contributed by atoms with van der Waals surface area (Å²) in [7, 11) is 0. The molecule has 2 aliphatic heterocycles. The molecule has 0 aliphatic carbocycles. The van der Waals surface area contributed by atoms with Crippen LogP contribution >= 0.6 is 24.8 Å². The second-order valence-corrected chi connectivity index (χ2v) is 4.72. The Balaban J connectivity index is 0.000000810. The van der Waals surface area contributed by atoms with Gasteiger partial charge >= 0.3 is 0 Å². The Labute approximate surface area is 121 Å². The fourth-order valence-electron chi connectivity index (χ4n) is 2.61. The molecule has 3 rings (SSSR count). The molecule has 1 N–H and O–H groups in total. The van der Waals surface area contributed by atoms with Crippen molar-refractivity contribution in [3.8, 4) is 0 Å². The van der Waals surface area contributed by atoms with Crippen molar-refractivity contribution < 1.29 is 4.74 Å². The summed E-state index contributed by atoms with van der Waals surface area (Å²) in [5, 5.41) is 3.42. The maximum atomic E-state index is 5.89. The van der Waals surface area contributed by atoms with E-state index in [1.807, 2.05) is 0 Å². The molecule has 5 heteroatoms. The predicted molar refractivity (Wildman–Crippen MR) is 77.7 cm³/mol. The third kappa shape index (κ3) is 3.84. The van der Waals surface area contributed by atoms with E-state index in [0.717, 1.165) is 32.7 Å². The highest BCUT2D eigenvalue weighted by molar-refractivity contribution is 5.85. The fraction of sp³-hybridized carbons (Fsp3) is 0.538. The summed E-state index contributed by atoms with van der Waals surface area (Å²) in [4.78, 5) is 2.51. The summed E-state index contributed by atoms with van der Waals surface area (Å²) < 4.78 is 5.89. The fourth-order valence-corrected chi connectivity index (χ4v) is 2.61. The molecular formula is C13H20Cl2N2O. The first-order valence-corrected chi connectivity index (χ1v) is 6.02. The van der Waals surface area contributed by atoms with E-state index in [1.54, 1.807) is 0 Å². The Bertz CT molecular complexity index is 338. The summed E-state index contributed by atoms with van der Waals surface area (Å²) in [6, 6.07) is 10.7. The van der Waals surface area contributed by atoms with E-state index in [0.29, 0.717) is 12.2 Å². The number of ether oxygens (including phenoxy) is 1. The molecule has 2 bridgehead atoms. The summed E-state index contributed by atoms with van der Waals surface area (Å²) in [5.41, 5.74) is 1.40. The van der Waals surface area contributed by atoms with Gasteiger partial charge in [0.25, 0.3) is 0 Å². The lowest BCUT2D eigenvalue weighted by Crippen LogP contribution is -2.57. The summed E-state index contributed by atoms with van der Waals surface area (Å²) >= 11 is 0. The van der Waals surface area contributed by atoms with Crippen molar-refractivity contribution in [3.63, 3.8) is 0 Å². The number of morpholine rings is 2. The van der Waals surface area contributed by atoms with E-state index in [-0.39, 0.29) is 24.8 Å². The SMILES string of the molecule is Cl.Cl.c1ccc(CN2CC3CNCC(C2)O3)cc1. The molecule has 2 aliphatic rings. The zero-order valence-electron chi connectivity index (χ0n) is 10.2. The summed E-state index contributed by atoms with van der Waals surface area (Å²) in [5.74, 6) is 0. The highest BCUT2D eigenvalue weighted by Gasteiger charge is 2.30. The Kier molecular flexibility index (Phi) is 6.39. The van der Waals surface area contributed by atoms with Gasteiger partial charge in [0.2, 0.25) is 0 Å². The van der Waals surface area contributed by atoms with Gasteiger partial charge in [0.05, 0.1) is 12.2 Å². The first-order valence-electron chi connectivity index (χ1n) is 6.02. The van der Waals surface area contributed by atoms with Gasteiger partial charge in [0.1, 0.15) is 0 Å². The van der Waals surface area contributed by atoms with Crippen LogP contribution in [0.1, 0.15) is 5.56 Å². The summed E-state index contributed by atoms with van der Waals surface area (Å²) in [6.45, 7) is 5.16. The number of nitrogens with zero attached hydrogens (tertiary/aromatic N) is 1. The number of nitrogens with one attached hydrogen (secondary N) is 1. The standard InChI is InChI=1S/C13H18N2O.2ClH/c1-2-4-11(5-3-1)8-15-9-12-6-14-7-13(10-15)16-12;;/h1-5,12-14H,6-10H2;2*1H. The zero-order valence-corrected chi connectivity index (χ0v) is 11.9. The maximum absolute atomic E-state index is 5.89. The van der Waals surface area contributed by atoms with Gasteiger partial charge in [-0.1, -0.05) is 30.3 Å². The molecule has 102 valence electrons. The highest BCUT2D eigenvalue weighted by atomic mass is 35.5. The minimum Gasteiger partial charge on any atom is -0.370 e. The van der Waals surface area contributed by atoms with Crippen molar-refractivity contribution in [2.45, 2.75) is 18.8 Å². The molecule has 0 aromatic heterocycles. The lowest BCUT2D eigenvalue weighted by Gasteiger charge is -2.41. The molecule has 0 spiro atoms. The van der Waals surface area contributed by atoms with Gasteiger partial charge in [-0.05, 0) is 5.56 Å². The molecule has 2 saturated heterocycles. The Morgan fingerprint density at radius 2 is 1.67 bits per heavy atom. The second kappa shape index (κ2) is 7.31. The average molecular weight is 291 g/mol. The van der Waals surface area contributed by atoms with Crippen molar-refractivity contribution in [1.82, 2.24) is 10.2 Å². The van der Waals surface area contributed by atoms with E-state index < -0.39 is 0 Å². The van der Waals surface area contributed by atoms with Crippen molar-refractivity contribution in [1.29, 1.82) is 0 Å². The third-order valence-electron chi connectivity index (χ3n) is 3.30. The third-order valence-corrected chi connectivity index (χ3v) is 3.30. The number of fused-ring (bicyclic) bond motifs is 2. The number of rotatable bonds is 2. The van der Waals surface area contributed by atoms with Crippen LogP contribution in [0.5, 0.6) is 0 Å². The van der Waals surface area contributed by atoms with Crippen LogP contribution in [0.15, 0.2) is 30.3 Å². The molecule has 0 saturated carbocycles. The van der Waals surface area contributed by atoms with Crippen LogP contribution in [0.3, 0.4) is 0 Å². The van der Waals surface area contributed by atoms with Crippen LogP contribution in [0.25, 0.3) is 0 Å². The Morgan fingerprint density at radius 1 is 1.06 bits per heavy atom. The van der Waals surface area contributed by atoms with Gasteiger partial charge in [-0.2, -0.15) is 0 Å². The topological polar surface area (TPSA) is 24.5 Å². The van der Waals surface area contributed by atoms with Gasteiger partial charge in [-0.3, -0.25) is 4.90 Å². The average Bonchev–Trinajstić information content (AvgIpc) is 2.30. The van der Waals surface area contributed by atoms with Gasteiger partial charge < -0.3 is 10.1 Å². The maximum Gasteiger partial charge on any atom is 0.0831 e. The van der Waals surface area contributed by atoms with Gasteiger partial charge in [-0.15, -0.1) is 24.8 Å². The van der Waals surface area contributed by atoms with Crippen molar-refractivity contribution in [2.75, 3.05) is 26.2 Å². The molecule has 0 amide bonds. The van der Waals surface area contributed by atoms with Gasteiger partial charge in [0, 0.05) is 32.7 Å². The second-order valence-electron chi connectivity index (χ2n) is 4.72. The molecule has 2 atom stereocenters. The Hall–Kier alpha value is -0.320. The molecule has 1 aromatic carbocycles. The van der Waals surface area contributed by atoms with E-state index in [4.69, 9.17) is 4.74 Å². The molecule has 1 aromatic rings. The zero-order chi connectivity index (χ0) is 10.8. The monoisotopic (exact) mass is 290 g/mol. The smallest absolute Gasteiger partial charge is 0.0831 e. The molecule has 2 fully saturated rings. The molecule has 3 nitrogen and oxygen atoms in total. The predicted octanol–water partition coefficient (Wildman–Crippen LogP) is 1.70. The largest absolute Gasteiger partial charge is 0.370 e. The van der Waals surface area contributed by atoms with Crippen LogP contribution in [0.4, 0.5) is 0 Å². The first kappa shape index (κ1) is 15.7. The van der Waals surface area contributed by atoms with Crippen LogP contribution in [-0.2, 0) is 11.3 Å². The van der Waals surface area contributed by atoms with Gasteiger partial charge in [-0.25, -0.2) is 0 Å². The van der Waals surface area contributed by atoms with Crippen LogP contribution in [-0.4, -0.2) is 43.3 Å². The quantitative estimate of drug-likeness (QED) is 0.897. The minimum absolute atomic E-state index is 0. The van der Waals surface area contributed by atoms with Crippen LogP contribution in [0.2, 0.25) is 0 Å². The number of hydrogen-bond acceptors (Lipinski definition) is 3. The van der Waals surface area contributed by atoms with Crippen molar-refractivity contribution in [2.24, 2.45) is 0 Å². The van der Waals surface area contributed by atoms with E-state index in [9.17, 15) is 0 Å². The number of benzene rings is 1. The van der Waals surface area contributed by atoms with Crippen molar-refractivity contribution >= 4 is 24.8 Å². The molecule has 2 unspecified atom stereocenters.